The van der Waals surface area contributed by atoms with Crippen LogP contribution < -0.4 is 15.0 Å². The number of carbonyl (C=O) groups is 1. The molecule has 0 unspecified atom stereocenters. The Morgan fingerprint density at radius 1 is 1.31 bits per heavy atom. The largest absolute Gasteiger partial charge is 0.454 e. The zero-order valence-electron chi connectivity index (χ0n) is 13.6. The van der Waals surface area contributed by atoms with Crippen molar-refractivity contribution in [2.45, 2.75) is 13.0 Å². The lowest BCUT2D eigenvalue weighted by Gasteiger charge is -2.13. The van der Waals surface area contributed by atoms with Crippen molar-refractivity contribution < 1.29 is 19.0 Å². The minimum absolute atomic E-state index is 0.0478. The van der Waals surface area contributed by atoms with Crippen LogP contribution in [0.25, 0.3) is 10.9 Å². The molecule has 1 aromatic heterocycles. The molecule has 1 aliphatic heterocycles. The highest BCUT2D eigenvalue weighted by Crippen LogP contribution is 2.40. The third kappa shape index (κ3) is 2.86. The minimum atomic E-state index is -0.760. The third-order valence-electron chi connectivity index (χ3n) is 3.96. The Hall–Kier alpha value is -3.06. The molecule has 0 amide bonds. The molecule has 2 aromatic carbocycles. The molecule has 4 rings (SSSR count). The number of para-hydroxylation sites is 1. The Morgan fingerprint density at radius 2 is 2.12 bits per heavy atom. The molecule has 3 aromatic rings. The summed E-state index contributed by atoms with van der Waals surface area (Å²) < 4.78 is 15.9. The second kappa shape index (κ2) is 6.34. The number of hydrogen-bond acceptors (Lipinski definition) is 6. The molecular weight excluding hydrogens is 360 g/mol. The number of rotatable bonds is 3. The average Bonchev–Trinajstić information content (AvgIpc) is 3.11. The first-order chi connectivity index (χ1) is 12.5. The molecule has 1 N–H and O–H groups in total. The number of nitrogens with one attached hydrogen (secondary N) is 1. The number of benzene rings is 2. The second-order valence-corrected chi connectivity index (χ2v) is 6.11. The molecule has 1 atom stereocenters. The maximum atomic E-state index is 12.4. The lowest BCUT2D eigenvalue weighted by molar-refractivity contribution is 0.0319. The average molecular weight is 373 g/mol. The van der Waals surface area contributed by atoms with Crippen molar-refractivity contribution in [1.82, 2.24) is 9.97 Å². The van der Waals surface area contributed by atoms with Gasteiger partial charge in [0.05, 0.1) is 21.5 Å². The number of carbonyl (C=O) groups excluding carboxylic acids is 1. The first-order valence-corrected chi connectivity index (χ1v) is 8.20. The summed E-state index contributed by atoms with van der Waals surface area (Å²) in [6, 6.07) is 9.88. The summed E-state index contributed by atoms with van der Waals surface area (Å²) >= 11 is 6.09. The topological polar surface area (TPSA) is 90.5 Å². The van der Waals surface area contributed by atoms with Crippen LogP contribution >= 0.6 is 11.6 Å². The molecule has 7 nitrogen and oxygen atoms in total. The van der Waals surface area contributed by atoms with Crippen LogP contribution in [0.2, 0.25) is 5.02 Å². The number of H-pyrrole nitrogens is 1. The molecular formula is C18H13ClN2O5. The first-order valence-electron chi connectivity index (χ1n) is 7.82. The molecule has 0 bridgehead atoms. The highest BCUT2D eigenvalue weighted by molar-refractivity contribution is 6.32. The van der Waals surface area contributed by atoms with Crippen LogP contribution in [-0.4, -0.2) is 22.7 Å². The predicted octanol–water partition coefficient (Wildman–Crippen LogP) is 3.22. The number of halogens is 1. The van der Waals surface area contributed by atoms with Gasteiger partial charge < -0.3 is 19.2 Å². The number of hydrogen-bond donors (Lipinski definition) is 1. The summed E-state index contributed by atoms with van der Waals surface area (Å²) in [5.41, 5.74) is 0.453. The summed E-state index contributed by atoms with van der Waals surface area (Å²) in [4.78, 5) is 31.6. The van der Waals surface area contributed by atoms with Gasteiger partial charge in [0.2, 0.25) is 6.79 Å². The van der Waals surface area contributed by atoms with E-state index in [2.05, 4.69) is 9.97 Å². The standard InChI is InChI=1S/C18H13ClN2O5/c1-9(16-20-13-5-3-2-4-11(13)17(22)21-16)26-18(23)10-6-12(19)15-14(7-10)24-8-25-15/h2-7,9H,8H2,1H3,(H,20,21,22)/t9-/m1/s1. The van der Waals surface area contributed by atoms with E-state index in [1.807, 2.05) is 0 Å². The maximum Gasteiger partial charge on any atom is 0.339 e. The Bertz CT molecular complexity index is 1080. The van der Waals surface area contributed by atoms with Crippen LogP contribution in [0, 0.1) is 0 Å². The normalized spacial score (nSPS) is 13.6. The quantitative estimate of drug-likeness (QED) is 0.710. The monoisotopic (exact) mass is 372 g/mol. The van der Waals surface area contributed by atoms with Crippen molar-refractivity contribution in [2.75, 3.05) is 6.79 Å². The van der Waals surface area contributed by atoms with Crippen LogP contribution in [0.15, 0.2) is 41.2 Å². The van der Waals surface area contributed by atoms with Gasteiger partial charge in [-0.05, 0) is 31.2 Å². The van der Waals surface area contributed by atoms with E-state index in [0.29, 0.717) is 22.4 Å². The van der Waals surface area contributed by atoms with Gasteiger partial charge in [-0.15, -0.1) is 0 Å². The van der Waals surface area contributed by atoms with Crippen molar-refractivity contribution >= 4 is 28.5 Å². The zero-order valence-corrected chi connectivity index (χ0v) is 14.4. The van der Waals surface area contributed by atoms with E-state index < -0.39 is 12.1 Å². The first kappa shape index (κ1) is 16.4. The molecule has 132 valence electrons. The van der Waals surface area contributed by atoms with Gasteiger partial charge in [-0.1, -0.05) is 23.7 Å². The summed E-state index contributed by atoms with van der Waals surface area (Å²) in [7, 11) is 0. The van der Waals surface area contributed by atoms with Gasteiger partial charge in [0.1, 0.15) is 0 Å². The number of fused-ring (bicyclic) bond motifs is 2. The molecule has 8 heteroatoms. The van der Waals surface area contributed by atoms with E-state index in [4.69, 9.17) is 25.8 Å². The van der Waals surface area contributed by atoms with Gasteiger partial charge in [0.25, 0.3) is 5.56 Å². The molecule has 1 aliphatic rings. The Balaban J connectivity index is 1.60. The molecule has 0 fully saturated rings. The number of aromatic amines is 1. The summed E-state index contributed by atoms with van der Waals surface area (Å²) in [5, 5.41) is 0.731. The predicted molar refractivity (Wildman–Crippen MR) is 93.8 cm³/mol. The fourth-order valence-corrected chi connectivity index (χ4v) is 2.93. The van der Waals surface area contributed by atoms with Gasteiger partial charge in [-0.25, -0.2) is 9.78 Å². The van der Waals surface area contributed by atoms with Crippen LogP contribution in [0.4, 0.5) is 0 Å². The van der Waals surface area contributed by atoms with Gasteiger partial charge in [0.15, 0.2) is 23.4 Å². The minimum Gasteiger partial charge on any atom is -0.454 e. The Morgan fingerprint density at radius 3 is 2.96 bits per heavy atom. The molecule has 0 radical (unpaired) electrons. The summed E-state index contributed by atoms with van der Waals surface area (Å²) in [6.07, 6.45) is -0.760. The van der Waals surface area contributed by atoms with Gasteiger partial charge in [-0.2, -0.15) is 0 Å². The SMILES string of the molecule is C[C@@H](OC(=O)c1cc(Cl)c2c(c1)OCO2)c1nc2ccccc2c(=O)[nH]1. The smallest absolute Gasteiger partial charge is 0.339 e. The Kier molecular flexibility index (Phi) is 4.00. The second-order valence-electron chi connectivity index (χ2n) is 5.71. The summed E-state index contributed by atoms with van der Waals surface area (Å²) in [6.45, 7) is 1.67. The molecule has 0 aliphatic carbocycles. The maximum absolute atomic E-state index is 12.4. The zero-order chi connectivity index (χ0) is 18.3. The van der Waals surface area contributed by atoms with Crippen molar-refractivity contribution in [1.29, 1.82) is 0 Å². The van der Waals surface area contributed by atoms with E-state index >= 15 is 0 Å². The van der Waals surface area contributed by atoms with E-state index in [1.54, 1.807) is 31.2 Å². The number of nitrogens with zero attached hydrogens (tertiary/aromatic N) is 1. The van der Waals surface area contributed by atoms with Crippen molar-refractivity contribution in [3.8, 4) is 11.5 Å². The van der Waals surface area contributed by atoms with E-state index in [1.165, 1.54) is 12.1 Å². The number of ether oxygens (including phenoxy) is 3. The molecule has 26 heavy (non-hydrogen) atoms. The van der Waals surface area contributed by atoms with Crippen LogP contribution in [0.1, 0.15) is 29.2 Å². The Labute approximate surface area is 152 Å². The molecule has 2 heterocycles. The van der Waals surface area contributed by atoms with Gasteiger partial charge in [-0.3, -0.25) is 4.79 Å². The fraction of sp³-hybridized carbons (Fsp3) is 0.167. The highest BCUT2D eigenvalue weighted by atomic mass is 35.5. The third-order valence-corrected chi connectivity index (χ3v) is 4.24. The van der Waals surface area contributed by atoms with Gasteiger partial charge in [0, 0.05) is 0 Å². The molecule has 0 spiro atoms. The lowest BCUT2D eigenvalue weighted by Crippen LogP contribution is -2.17. The van der Waals surface area contributed by atoms with Crippen LogP contribution in [-0.2, 0) is 4.74 Å². The van der Waals surface area contributed by atoms with Crippen LogP contribution in [0.3, 0.4) is 0 Å². The van der Waals surface area contributed by atoms with Crippen molar-refractivity contribution in [3.05, 3.63) is 63.2 Å². The summed E-state index contributed by atoms with van der Waals surface area (Å²) in [5.74, 6) is 0.425. The van der Waals surface area contributed by atoms with E-state index in [9.17, 15) is 9.59 Å². The van der Waals surface area contributed by atoms with Crippen molar-refractivity contribution in [2.24, 2.45) is 0 Å². The van der Waals surface area contributed by atoms with Crippen LogP contribution in [0.5, 0.6) is 11.5 Å². The highest BCUT2D eigenvalue weighted by Gasteiger charge is 2.23. The number of esters is 1. The lowest BCUT2D eigenvalue weighted by atomic mass is 10.2. The van der Waals surface area contributed by atoms with E-state index in [-0.39, 0.29) is 28.8 Å². The molecule has 0 saturated heterocycles. The molecule has 0 saturated carbocycles. The van der Waals surface area contributed by atoms with Gasteiger partial charge >= 0.3 is 5.97 Å². The van der Waals surface area contributed by atoms with E-state index in [0.717, 1.165) is 0 Å². The fourth-order valence-electron chi connectivity index (χ4n) is 2.67. The van der Waals surface area contributed by atoms with Crippen molar-refractivity contribution in [3.63, 3.8) is 0 Å². The number of aromatic nitrogens is 2.